The minimum atomic E-state index is -0.123. The van der Waals surface area contributed by atoms with Gasteiger partial charge in [0.15, 0.2) is 0 Å². The zero-order chi connectivity index (χ0) is 30.1. The maximum Gasteiger partial charge on any atom is -0.147 e. The van der Waals surface area contributed by atoms with Gasteiger partial charge in [-0.15, -0.1) is 24.8 Å². The Morgan fingerprint density at radius 3 is 0.478 bits per heavy atom. The molecule has 0 spiro atoms. The molecule has 0 aromatic heterocycles. The van der Waals surface area contributed by atoms with E-state index in [1.807, 2.05) is 0 Å². The third kappa shape index (κ3) is 18.7. The maximum atomic E-state index is 1.61. The summed E-state index contributed by atoms with van der Waals surface area (Å²) >= 11 is -0.246. The summed E-state index contributed by atoms with van der Waals surface area (Å²) in [5, 5.41) is 0. The SMILES string of the molecule is C1CCC([PH][Pd]([PH]C2CCCCC2)[PH]C2CCCCC2)CC1.C1CCC([PH][Pd]([PH]C2CCCCC2)[PH]C2CCCCC2)CC1.Cl.Cl. The van der Waals surface area contributed by atoms with Crippen LogP contribution in [-0.4, -0.2) is 34.0 Å². The van der Waals surface area contributed by atoms with Crippen molar-refractivity contribution in [3.63, 3.8) is 0 Å². The molecule has 282 valence electrons. The van der Waals surface area contributed by atoms with Crippen LogP contribution in [0.15, 0.2) is 0 Å². The van der Waals surface area contributed by atoms with E-state index in [0.29, 0.717) is 0 Å². The molecule has 0 aromatic rings. The molecule has 0 amide bonds. The van der Waals surface area contributed by atoms with Crippen LogP contribution in [0.4, 0.5) is 0 Å². The van der Waals surface area contributed by atoms with Gasteiger partial charge in [0.2, 0.25) is 0 Å². The quantitative estimate of drug-likeness (QED) is 0.135. The predicted octanol–water partition coefficient (Wildman–Crippen LogP) is 15.6. The number of hydrogen-bond acceptors (Lipinski definition) is 0. The molecule has 6 fully saturated rings. The van der Waals surface area contributed by atoms with Gasteiger partial charge in [-0.25, -0.2) is 0 Å². The molecule has 0 aliphatic heterocycles. The maximum absolute atomic E-state index is 1.61. The summed E-state index contributed by atoms with van der Waals surface area (Å²) < 4.78 is 0. The molecule has 0 radical (unpaired) electrons. The second-order valence-corrected chi connectivity index (χ2v) is 53.9. The zero-order valence-electron chi connectivity index (χ0n) is 29.1. The van der Waals surface area contributed by atoms with Gasteiger partial charge >= 0.3 is 298 Å². The first-order valence-corrected chi connectivity index (χ1v) is 38.9. The van der Waals surface area contributed by atoms with Gasteiger partial charge in [-0.3, -0.25) is 0 Å². The van der Waals surface area contributed by atoms with E-state index in [1.165, 1.54) is 74.6 Å². The van der Waals surface area contributed by atoms with Crippen molar-refractivity contribution in [3.8, 4) is 0 Å². The van der Waals surface area contributed by atoms with Crippen LogP contribution in [-0.2, 0) is 30.5 Å². The first-order chi connectivity index (χ1) is 21.8. The van der Waals surface area contributed by atoms with E-state index in [1.54, 1.807) is 193 Å². The van der Waals surface area contributed by atoms with E-state index in [2.05, 4.69) is 0 Å². The smallest absolute Gasteiger partial charge is 0.147 e. The monoisotopic (exact) mass is 974 g/mol. The second kappa shape index (κ2) is 28.0. The molecule has 46 heavy (non-hydrogen) atoms. The van der Waals surface area contributed by atoms with Crippen LogP contribution < -0.4 is 0 Å². The average molecular weight is 977 g/mol. The molecule has 0 heterocycles. The molecule has 6 aliphatic rings. The largest absolute Gasteiger partial charge is 0.147 e. The van der Waals surface area contributed by atoms with Gasteiger partial charge in [0.1, 0.15) is 0 Å². The normalized spacial score (nSPS) is 27.4. The van der Waals surface area contributed by atoms with Gasteiger partial charge in [0.25, 0.3) is 0 Å². The molecule has 0 aromatic carbocycles. The Kier molecular flexibility index (Phi) is 27.3. The minimum absolute atomic E-state index is 0. The fraction of sp³-hybridized carbons (Fsp3) is 1.00. The fourth-order valence-electron chi connectivity index (χ4n) is 8.10. The Morgan fingerprint density at radius 2 is 0.348 bits per heavy atom. The van der Waals surface area contributed by atoms with Crippen molar-refractivity contribution < 1.29 is 30.5 Å². The zero-order valence-corrected chi connectivity index (χ0v) is 39.9. The molecule has 6 saturated carbocycles. The summed E-state index contributed by atoms with van der Waals surface area (Å²) in [4.78, 5) is 0. The van der Waals surface area contributed by atoms with E-state index < -0.39 is 0 Å². The van der Waals surface area contributed by atoms with Crippen LogP contribution in [0.25, 0.3) is 0 Å². The molecule has 6 aliphatic carbocycles. The van der Waals surface area contributed by atoms with Crippen LogP contribution in [0.5, 0.6) is 0 Å². The van der Waals surface area contributed by atoms with Gasteiger partial charge in [-0.05, 0) is 0 Å². The van der Waals surface area contributed by atoms with E-state index in [4.69, 9.17) is 0 Å². The van der Waals surface area contributed by atoms with Crippen molar-refractivity contribution in [1.29, 1.82) is 0 Å². The molecule has 0 bridgehead atoms. The van der Waals surface area contributed by atoms with Crippen molar-refractivity contribution in [2.24, 2.45) is 0 Å². The van der Waals surface area contributed by atoms with Gasteiger partial charge in [-0.1, -0.05) is 0 Å². The third-order valence-corrected chi connectivity index (χ3v) is 56.0. The Hall–Kier alpha value is 4.48. The van der Waals surface area contributed by atoms with E-state index >= 15 is 0 Å². The summed E-state index contributed by atoms with van der Waals surface area (Å²) in [5.74, 6) is 0. The predicted molar refractivity (Wildman–Crippen MR) is 226 cm³/mol. The average Bonchev–Trinajstić information content (AvgIpc) is 3.08. The molecule has 6 atom stereocenters. The Labute approximate surface area is 319 Å². The van der Waals surface area contributed by atoms with Crippen LogP contribution in [0.1, 0.15) is 193 Å². The first-order valence-electron chi connectivity index (χ1n) is 19.6. The molecule has 0 N–H and O–H groups in total. The Morgan fingerprint density at radius 1 is 0.217 bits per heavy atom. The molecular weight excluding hydrogens is 902 g/mol. The van der Waals surface area contributed by atoms with Crippen LogP contribution in [0.2, 0.25) is 0 Å². The van der Waals surface area contributed by atoms with Crippen molar-refractivity contribution in [2.75, 3.05) is 0 Å². The van der Waals surface area contributed by atoms with E-state index in [0.717, 1.165) is 0 Å². The molecule has 0 saturated heterocycles. The van der Waals surface area contributed by atoms with Crippen molar-refractivity contribution in [1.82, 2.24) is 0 Å². The molecule has 6 rings (SSSR count). The molecular formula is C36H74Cl2P6Pd2. The van der Waals surface area contributed by atoms with Crippen LogP contribution >= 0.6 is 65.4 Å². The van der Waals surface area contributed by atoms with Crippen molar-refractivity contribution in [2.45, 2.75) is 227 Å². The van der Waals surface area contributed by atoms with Gasteiger partial charge in [-0.2, -0.15) is 0 Å². The number of rotatable bonds is 12. The third-order valence-electron chi connectivity index (χ3n) is 11.0. The molecule has 6 unspecified atom stereocenters. The Bertz CT molecular complexity index is 566. The molecule has 10 heteroatoms. The van der Waals surface area contributed by atoms with Gasteiger partial charge in [0, 0.05) is 0 Å². The van der Waals surface area contributed by atoms with Crippen LogP contribution in [0.3, 0.4) is 0 Å². The second-order valence-electron chi connectivity index (χ2n) is 15.0. The summed E-state index contributed by atoms with van der Waals surface area (Å²) in [7, 11) is 0. The van der Waals surface area contributed by atoms with Gasteiger partial charge in [0.05, 0.1) is 0 Å². The summed E-state index contributed by atoms with van der Waals surface area (Å²) in [6.45, 7) is 8.78. The number of halogens is 2. The standard InChI is InChI=1S/6C6H12P.2ClH.2Pd/c6*7-6-4-2-1-3-5-6;;;;/h6*6-7H,1-5H2;2*1H;;/q6*-1;;;2*+3. The van der Waals surface area contributed by atoms with E-state index in [9.17, 15) is 0 Å². The van der Waals surface area contributed by atoms with Gasteiger partial charge < -0.3 is 0 Å². The van der Waals surface area contributed by atoms with Crippen molar-refractivity contribution >= 4 is 65.4 Å². The summed E-state index contributed by atoms with van der Waals surface area (Å²) in [6.07, 6.45) is 47.4. The van der Waals surface area contributed by atoms with E-state index in [-0.39, 0.29) is 55.4 Å². The van der Waals surface area contributed by atoms with Crippen LogP contribution in [0, 0.1) is 0 Å². The topological polar surface area (TPSA) is 0 Å². The number of hydrogen-bond donors (Lipinski definition) is 0. The molecule has 0 nitrogen and oxygen atoms in total. The Balaban J connectivity index is 0.000000240. The van der Waals surface area contributed by atoms with Crippen molar-refractivity contribution in [3.05, 3.63) is 0 Å². The first kappa shape index (κ1) is 44.9. The minimum Gasteiger partial charge on any atom is -0.147 e. The summed E-state index contributed by atoms with van der Waals surface area (Å²) in [5.41, 5.74) is 7.18. The summed E-state index contributed by atoms with van der Waals surface area (Å²) in [6, 6.07) is 0. The fourth-order valence-corrected chi connectivity index (χ4v) is 68.4.